The van der Waals surface area contributed by atoms with Crippen LogP contribution >= 0.6 is 0 Å². The van der Waals surface area contributed by atoms with E-state index in [1.54, 1.807) is 6.08 Å². The fourth-order valence-electron chi connectivity index (χ4n) is 11.5. The van der Waals surface area contributed by atoms with Crippen LogP contribution in [0, 0.1) is 0 Å². The number of rotatable bonds is 63. The van der Waals surface area contributed by atoms with Gasteiger partial charge in [0.2, 0.25) is 5.91 Å². The van der Waals surface area contributed by atoms with Gasteiger partial charge in [0.05, 0.1) is 25.4 Å². The third kappa shape index (κ3) is 50.3. The van der Waals surface area contributed by atoms with E-state index >= 15 is 0 Å². The first-order valence-electron chi connectivity index (χ1n) is 35.9. The Morgan fingerprint density at radius 3 is 1.02 bits per heavy atom. The molecule has 482 valence electrons. The Hall–Kier alpha value is -1.85. The number of ether oxygens (including phenoxy) is 2. The van der Waals surface area contributed by atoms with Crippen LogP contribution in [-0.4, -0.2) is 87.5 Å². The highest BCUT2D eigenvalue weighted by atomic mass is 16.7. The Labute approximate surface area is 507 Å². The molecule has 0 aliphatic carbocycles. The second-order valence-electron chi connectivity index (χ2n) is 25.0. The zero-order valence-electron chi connectivity index (χ0n) is 54.0. The second kappa shape index (κ2) is 62.2. The maximum atomic E-state index is 13.1. The number of hydrogen-bond acceptors (Lipinski definition) is 8. The molecular weight excluding hydrogens is 1020 g/mol. The Bertz CT molecular complexity index is 1430. The van der Waals surface area contributed by atoms with Crippen LogP contribution in [-0.2, 0) is 14.3 Å². The van der Waals surface area contributed by atoms with E-state index in [9.17, 15) is 30.3 Å². The van der Waals surface area contributed by atoms with Gasteiger partial charge in [-0.15, -0.1) is 0 Å². The van der Waals surface area contributed by atoms with Gasteiger partial charge in [0.25, 0.3) is 0 Å². The summed E-state index contributed by atoms with van der Waals surface area (Å²) in [5, 5.41) is 54.7. The SMILES string of the molecule is CCCCCCCCCC/C=C\CCCCCCCCCCCCCCCCCCCCCCCCCCCC(=O)NC(COC1OC(CO)C(O)C(O)C1O)C(O)/C=C/CC/C=C/CC/C=C/CCCCCCCCCCCCCC. The highest BCUT2D eigenvalue weighted by molar-refractivity contribution is 5.76. The molecule has 0 spiro atoms. The molecule has 1 fully saturated rings. The van der Waals surface area contributed by atoms with Gasteiger partial charge in [0.1, 0.15) is 24.4 Å². The zero-order chi connectivity index (χ0) is 59.3. The van der Waals surface area contributed by atoms with Gasteiger partial charge in [0, 0.05) is 6.42 Å². The molecule has 6 N–H and O–H groups in total. The monoisotopic (exact) mass is 1160 g/mol. The van der Waals surface area contributed by atoms with E-state index in [-0.39, 0.29) is 12.5 Å². The van der Waals surface area contributed by atoms with E-state index in [1.165, 1.54) is 289 Å². The highest BCUT2D eigenvalue weighted by Crippen LogP contribution is 2.23. The van der Waals surface area contributed by atoms with Crippen molar-refractivity contribution in [3.8, 4) is 0 Å². The zero-order valence-corrected chi connectivity index (χ0v) is 54.0. The summed E-state index contributed by atoms with van der Waals surface area (Å²) in [6.45, 7) is 3.80. The number of aliphatic hydroxyl groups excluding tert-OH is 5. The minimum Gasteiger partial charge on any atom is -0.394 e. The fraction of sp³-hybridized carbons (Fsp3) is 0.877. The van der Waals surface area contributed by atoms with Crippen LogP contribution < -0.4 is 5.32 Å². The van der Waals surface area contributed by atoms with E-state index in [0.717, 1.165) is 44.9 Å². The third-order valence-corrected chi connectivity index (χ3v) is 17.1. The summed E-state index contributed by atoms with van der Waals surface area (Å²) in [6.07, 6.45) is 78.1. The summed E-state index contributed by atoms with van der Waals surface area (Å²) in [4.78, 5) is 13.1. The number of allylic oxidation sites excluding steroid dienone is 7. The van der Waals surface area contributed by atoms with Crippen molar-refractivity contribution >= 4 is 5.91 Å². The Balaban J connectivity index is 2.09. The van der Waals surface area contributed by atoms with Gasteiger partial charge in [-0.1, -0.05) is 326 Å². The summed E-state index contributed by atoms with van der Waals surface area (Å²) >= 11 is 0. The summed E-state index contributed by atoms with van der Waals surface area (Å²) < 4.78 is 11.3. The molecule has 1 heterocycles. The molecule has 9 heteroatoms. The van der Waals surface area contributed by atoms with E-state index < -0.39 is 49.5 Å². The smallest absolute Gasteiger partial charge is 0.220 e. The molecule has 7 atom stereocenters. The molecular formula is C73H137NO8. The lowest BCUT2D eigenvalue weighted by Gasteiger charge is -2.40. The second-order valence-corrected chi connectivity index (χ2v) is 25.0. The van der Waals surface area contributed by atoms with Crippen molar-refractivity contribution < 1.29 is 39.8 Å². The lowest BCUT2D eigenvalue weighted by molar-refractivity contribution is -0.302. The van der Waals surface area contributed by atoms with E-state index in [4.69, 9.17) is 9.47 Å². The lowest BCUT2D eigenvalue weighted by Crippen LogP contribution is -2.60. The van der Waals surface area contributed by atoms with Crippen molar-refractivity contribution in [3.63, 3.8) is 0 Å². The van der Waals surface area contributed by atoms with Crippen LogP contribution in [0.3, 0.4) is 0 Å². The molecule has 1 amide bonds. The number of carbonyl (C=O) groups excluding carboxylic acids is 1. The Morgan fingerprint density at radius 1 is 0.402 bits per heavy atom. The number of carbonyl (C=O) groups is 1. The minimum absolute atomic E-state index is 0.184. The maximum Gasteiger partial charge on any atom is 0.220 e. The molecule has 1 aliphatic heterocycles. The van der Waals surface area contributed by atoms with E-state index in [0.29, 0.717) is 6.42 Å². The summed E-state index contributed by atoms with van der Waals surface area (Å²) in [5.41, 5.74) is 0. The van der Waals surface area contributed by atoms with Crippen LogP contribution in [0.2, 0.25) is 0 Å². The number of hydrogen-bond donors (Lipinski definition) is 6. The molecule has 1 aliphatic rings. The standard InChI is InChI=1S/C73H137NO8/c1-3-5-7-9-11-13-15-17-19-21-23-25-27-28-29-30-31-32-33-34-35-36-37-38-39-40-41-43-45-47-49-51-53-55-57-59-61-63-69(77)74-66(65-81-73-72(80)71(79)70(78)68(64-75)82-73)67(76)62-60-58-56-54-52-50-48-46-44-42-26-24-22-20-18-16-14-12-10-8-6-4-2/h21,23,44,46,52,54,60,62,66-68,70-73,75-76,78-80H,3-20,22,24-43,45,47-51,53,55-59,61,63-65H2,1-2H3,(H,74,77)/b23-21-,46-44+,54-52+,62-60+. The first-order valence-corrected chi connectivity index (χ1v) is 35.9. The molecule has 0 aromatic carbocycles. The molecule has 0 radical (unpaired) electrons. The van der Waals surface area contributed by atoms with Crippen molar-refractivity contribution in [2.45, 2.75) is 397 Å². The largest absolute Gasteiger partial charge is 0.394 e. The summed E-state index contributed by atoms with van der Waals surface area (Å²) in [7, 11) is 0. The summed E-state index contributed by atoms with van der Waals surface area (Å²) in [5.74, 6) is -0.184. The molecule has 1 saturated heterocycles. The van der Waals surface area contributed by atoms with Crippen LogP contribution in [0.15, 0.2) is 48.6 Å². The van der Waals surface area contributed by atoms with Crippen molar-refractivity contribution in [1.82, 2.24) is 5.32 Å². The molecule has 0 aromatic rings. The number of unbranched alkanes of at least 4 members (excludes halogenated alkanes) is 47. The van der Waals surface area contributed by atoms with Crippen LogP contribution in [0.1, 0.15) is 354 Å². The highest BCUT2D eigenvalue weighted by Gasteiger charge is 2.44. The molecule has 0 bridgehead atoms. The number of amides is 1. The van der Waals surface area contributed by atoms with Crippen LogP contribution in [0.25, 0.3) is 0 Å². The van der Waals surface area contributed by atoms with E-state index in [2.05, 4.69) is 55.6 Å². The van der Waals surface area contributed by atoms with E-state index in [1.807, 2.05) is 6.08 Å². The topological polar surface area (TPSA) is 149 Å². The average molecular weight is 1160 g/mol. The molecule has 1 rings (SSSR count). The molecule has 0 saturated carbocycles. The van der Waals surface area contributed by atoms with Crippen molar-refractivity contribution in [2.75, 3.05) is 13.2 Å². The minimum atomic E-state index is -1.58. The molecule has 0 aromatic heterocycles. The first kappa shape index (κ1) is 78.2. The normalized spacial score (nSPS) is 18.5. The predicted octanol–water partition coefficient (Wildman–Crippen LogP) is 19.6. The Morgan fingerprint density at radius 2 is 0.695 bits per heavy atom. The fourth-order valence-corrected chi connectivity index (χ4v) is 11.5. The molecule has 82 heavy (non-hydrogen) atoms. The van der Waals surface area contributed by atoms with Gasteiger partial charge in [-0.2, -0.15) is 0 Å². The average Bonchev–Trinajstić information content (AvgIpc) is 3.59. The van der Waals surface area contributed by atoms with Gasteiger partial charge < -0.3 is 40.3 Å². The van der Waals surface area contributed by atoms with Gasteiger partial charge >= 0.3 is 0 Å². The van der Waals surface area contributed by atoms with Gasteiger partial charge in [-0.3, -0.25) is 4.79 Å². The number of aliphatic hydroxyl groups is 5. The summed E-state index contributed by atoms with van der Waals surface area (Å²) in [6, 6.07) is -0.829. The lowest BCUT2D eigenvalue weighted by atomic mass is 9.99. The molecule has 9 nitrogen and oxygen atoms in total. The maximum absolute atomic E-state index is 13.1. The quantitative estimate of drug-likeness (QED) is 0.0261. The number of nitrogens with one attached hydrogen (secondary N) is 1. The molecule has 7 unspecified atom stereocenters. The Kier molecular flexibility index (Phi) is 59.3. The first-order chi connectivity index (χ1) is 40.3. The van der Waals surface area contributed by atoms with Crippen LogP contribution in [0.4, 0.5) is 0 Å². The predicted molar refractivity (Wildman–Crippen MR) is 350 cm³/mol. The third-order valence-electron chi connectivity index (χ3n) is 17.1. The van der Waals surface area contributed by atoms with Crippen LogP contribution in [0.5, 0.6) is 0 Å². The van der Waals surface area contributed by atoms with Crippen molar-refractivity contribution in [3.05, 3.63) is 48.6 Å². The van der Waals surface area contributed by atoms with Crippen molar-refractivity contribution in [1.29, 1.82) is 0 Å². The van der Waals surface area contributed by atoms with Gasteiger partial charge in [0.15, 0.2) is 6.29 Å². The van der Waals surface area contributed by atoms with Gasteiger partial charge in [-0.25, -0.2) is 0 Å². The van der Waals surface area contributed by atoms with Gasteiger partial charge in [-0.05, 0) is 70.6 Å². The van der Waals surface area contributed by atoms with Crippen molar-refractivity contribution in [2.24, 2.45) is 0 Å².